The van der Waals surface area contributed by atoms with Crippen molar-refractivity contribution >= 4 is 0 Å². The molecule has 0 radical (unpaired) electrons. The lowest BCUT2D eigenvalue weighted by molar-refractivity contribution is 0.00731. The molecule has 0 aliphatic heterocycles. The first-order valence-electron chi connectivity index (χ1n) is 6.35. The second-order valence-electron chi connectivity index (χ2n) is 5.57. The molecule has 0 aromatic heterocycles. The number of hydrogen-bond acceptors (Lipinski definition) is 2. The van der Waals surface area contributed by atoms with E-state index >= 15 is 0 Å². The minimum absolute atomic E-state index is 0.00107. The standard InChI is InChI=1S/C13H27NO/c1-11(10-13(2,3)15-4)14-12-8-6-5-7-9-12/h11-12,14H,5-10H2,1-4H3/t11-/m1/s1. The molecule has 1 fully saturated rings. The molecule has 0 aromatic rings. The van der Waals surface area contributed by atoms with E-state index in [4.69, 9.17) is 4.74 Å². The highest BCUT2D eigenvalue weighted by molar-refractivity contribution is 4.80. The van der Waals surface area contributed by atoms with Crippen LogP contribution in [0.3, 0.4) is 0 Å². The Hall–Kier alpha value is -0.0800. The summed E-state index contributed by atoms with van der Waals surface area (Å²) in [6, 6.07) is 1.31. The lowest BCUT2D eigenvalue weighted by atomic mass is 9.93. The highest BCUT2D eigenvalue weighted by Gasteiger charge is 2.22. The van der Waals surface area contributed by atoms with Crippen molar-refractivity contribution < 1.29 is 4.74 Å². The highest BCUT2D eigenvalue weighted by atomic mass is 16.5. The molecule has 1 rings (SSSR count). The van der Waals surface area contributed by atoms with Gasteiger partial charge in [-0.15, -0.1) is 0 Å². The normalized spacial score (nSPS) is 21.6. The van der Waals surface area contributed by atoms with Gasteiger partial charge in [0.15, 0.2) is 0 Å². The average Bonchev–Trinajstić information content (AvgIpc) is 2.18. The summed E-state index contributed by atoms with van der Waals surface area (Å²) in [6.07, 6.45) is 8.03. The van der Waals surface area contributed by atoms with Gasteiger partial charge < -0.3 is 10.1 Å². The first-order chi connectivity index (χ1) is 7.03. The lowest BCUT2D eigenvalue weighted by Gasteiger charge is -2.31. The summed E-state index contributed by atoms with van der Waals surface area (Å²) in [7, 11) is 1.80. The molecule has 1 atom stereocenters. The topological polar surface area (TPSA) is 21.3 Å². The van der Waals surface area contributed by atoms with Crippen LogP contribution in [0.2, 0.25) is 0 Å². The van der Waals surface area contributed by atoms with Crippen LogP contribution in [0.1, 0.15) is 59.3 Å². The molecule has 0 aromatic carbocycles. The minimum atomic E-state index is 0.00107. The Morgan fingerprint density at radius 2 is 1.87 bits per heavy atom. The number of rotatable bonds is 5. The summed E-state index contributed by atoms with van der Waals surface area (Å²) >= 11 is 0. The second-order valence-corrected chi connectivity index (χ2v) is 5.57. The van der Waals surface area contributed by atoms with E-state index in [2.05, 4.69) is 26.1 Å². The quantitative estimate of drug-likeness (QED) is 0.757. The van der Waals surface area contributed by atoms with Gasteiger partial charge in [-0.2, -0.15) is 0 Å². The molecule has 1 aliphatic carbocycles. The average molecular weight is 213 g/mol. The van der Waals surface area contributed by atoms with Gasteiger partial charge in [0.05, 0.1) is 5.60 Å². The van der Waals surface area contributed by atoms with Gasteiger partial charge in [0.25, 0.3) is 0 Å². The second kappa shape index (κ2) is 5.86. The smallest absolute Gasteiger partial charge is 0.0637 e. The van der Waals surface area contributed by atoms with Crippen molar-refractivity contribution in [1.82, 2.24) is 5.32 Å². The number of hydrogen-bond donors (Lipinski definition) is 1. The summed E-state index contributed by atoms with van der Waals surface area (Å²) in [5, 5.41) is 3.73. The van der Waals surface area contributed by atoms with Gasteiger partial charge in [-0.3, -0.25) is 0 Å². The zero-order valence-corrected chi connectivity index (χ0v) is 10.8. The third-order valence-electron chi connectivity index (χ3n) is 3.48. The van der Waals surface area contributed by atoms with Crippen LogP contribution in [0.15, 0.2) is 0 Å². The molecule has 0 spiro atoms. The Morgan fingerprint density at radius 3 is 2.40 bits per heavy atom. The Labute approximate surface area is 94.8 Å². The van der Waals surface area contributed by atoms with E-state index in [0.717, 1.165) is 12.5 Å². The molecule has 2 heteroatoms. The maximum atomic E-state index is 5.46. The Morgan fingerprint density at radius 1 is 1.27 bits per heavy atom. The Balaban J connectivity index is 2.25. The zero-order chi connectivity index (χ0) is 11.3. The van der Waals surface area contributed by atoms with Crippen LogP contribution in [0.4, 0.5) is 0 Å². The third-order valence-corrected chi connectivity index (χ3v) is 3.48. The number of methoxy groups -OCH3 is 1. The van der Waals surface area contributed by atoms with Gasteiger partial charge in [-0.05, 0) is 40.0 Å². The molecule has 15 heavy (non-hydrogen) atoms. The van der Waals surface area contributed by atoms with E-state index in [9.17, 15) is 0 Å². The van der Waals surface area contributed by atoms with Crippen molar-refractivity contribution in [3.63, 3.8) is 0 Å². The van der Waals surface area contributed by atoms with Crippen LogP contribution in [-0.4, -0.2) is 24.8 Å². The fourth-order valence-corrected chi connectivity index (χ4v) is 2.55. The van der Waals surface area contributed by atoms with Crippen LogP contribution < -0.4 is 5.32 Å². The third kappa shape index (κ3) is 4.98. The van der Waals surface area contributed by atoms with Crippen molar-refractivity contribution in [1.29, 1.82) is 0 Å². The first kappa shape index (κ1) is 13.0. The summed E-state index contributed by atoms with van der Waals surface area (Å²) in [5.74, 6) is 0. The summed E-state index contributed by atoms with van der Waals surface area (Å²) < 4.78 is 5.46. The van der Waals surface area contributed by atoms with Crippen molar-refractivity contribution in [2.75, 3.05) is 7.11 Å². The number of nitrogens with one attached hydrogen (secondary N) is 1. The maximum Gasteiger partial charge on any atom is 0.0637 e. The van der Waals surface area contributed by atoms with Crippen LogP contribution >= 0.6 is 0 Å². The van der Waals surface area contributed by atoms with E-state index < -0.39 is 0 Å². The molecular weight excluding hydrogens is 186 g/mol. The zero-order valence-electron chi connectivity index (χ0n) is 10.8. The van der Waals surface area contributed by atoms with Crippen LogP contribution in [0.25, 0.3) is 0 Å². The van der Waals surface area contributed by atoms with Gasteiger partial charge in [0.2, 0.25) is 0 Å². The molecule has 1 saturated carbocycles. The van der Waals surface area contributed by atoms with Crippen molar-refractivity contribution in [3.05, 3.63) is 0 Å². The maximum absolute atomic E-state index is 5.46. The van der Waals surface area contributed by atoms with E-state index in [0.29, 0.717) is 6.04 Å². The fourth-order valence-electron chi connectivity index (χ4n) is 2.55. The van der Waals surface area contributed by atoms with Gasteiger partial charge in [-0.1, -0.05) is 19.3 Å². The molecule has 0 heterocycles. The summed E-state index contributed by atoms with van der Waals surface area (Å²) in [6.45, 7) is 6.59. The first-order valence-corrected chi connectivity index (χ1v) is 6.35. The molecule has 1 aliphatic rings. The minimum Gasteiger partial charge on any atom is -0.379 e. The summed E-state index contributed by atoms with van der Waals surface area (Å²) in [4.78, 5) is 0. The van der Waals surface area contributed by atoms with E-state index in [1.165, 1.54) is 32.1 Å². The van der Waals surface area contributed by atoms with E-state index in [1.54, 1.807) is 7.11 Å². The molecule has 1 N–H and O–H groups in total. The predicted octanol–water partition coefficient (Wildman–Crippen LogP) is 3.11. The monoisotopic (exact) mass is 213 g/mol. The predicted molar refractivity (Wildman–Crippen MR) is 65.2 cm³/mol. The molecule has 2 nitrogen and oxygen atoms in total. The van der Waals surface area contributed by atoms with Crippen LogP contribution in [-0.2, 0) is 4.74 Å². The Bertz CT molecular complexity index is 173. The van der Waals surface area contributed by atoms with Crippen molar-refractivity contribution in [2.24, 2.45) is 0 Å². The molecule has 0 unspecified atom stereocenters. The van der Waals surface area contributed by atoms with Crippen molar-refractivity contribution in [2.45, 2.75) is 77.0 Å². The van der Waals surface area contributed by atoms with E-state index in [1.807, 2.05) is 0 Å². The van der Waals surface area contributed by atoms with Crippen molar-refractivity contribution in [3.8, 4) is 0 Å². The molecule has 0 saturated heterocycles. The van der Waals surface area contributed by atoms with Gasteiger partial charge >= 0.3 is 0 Å². The van der Waals surface area contributed by atoms with Gasteiger partial charge in [-0.25, -0.2) is 0 Å². The highest BCUT2D eigenvalue weighted by Crippen LogP contribution is 2.20. The summed E-state index contributed by atoms with van der Waals surface area (Å²) in [5.41, 5.74) is 0.00107. The SMILES string of the molecule is COC(C)(C)C[C@@H](C)NC1CCCCC1. The molecule has 0 bridgehead atoms. The molecule has 90 valence electrons. The number of ether oxygens (including phenoxy) is 1. The van der Waals surface area contributed by atoms with Gasteiger partial charge in [0, 0.05) is 19.2 Å². The van der Waals surface area contributed by atoms with Crippen LogP contribution in [0, 0.1) is 0 Å². The largest absolute Gasteiger partial charge is 0.379 e. The lowest BCUT2D eigenvalue weighted by Crippen LogP contribution is -2.42. The van der Waals surface area contributed by atoms with E-state index in [-0.39, 0.29) is 5.60 Å². The Kier molecular flexibility index (Phi) is 5.07. The van der Waals surface area contributed by atoms with Crippen LogP contribution in [0.5, 0.6) is 0 Å². The molecular formula is C13H27NO. The molecule has 0 amide bonds. The van der Waals surface area contributed by atoms with Gasteiger partial charge in [0.1, 0.15) is 0 Å². The fraction of sp³-hybridized carbons (Fsp3) is 1.00.